The molecule has 0 aliphatic carbocycles. The van der Waals surface area contributed by atoms with Crippen molar-refractivity contribution in [2.75, 3.05) is 11.6 Å². The number of H-pyrrole nitrogens is 1. The fourth-order valence-electron chi connectivity index (χ4n) is 2.31. The summed E-state index contributed by atoms with van der Waals surface area (Å²) in [6.45, 7) is 8.45. The van der Waals surface area contributed by atoms with E-state index in [-0.39, 0.29) is 23.3 Å². The van der Waals surface area contributed by atoms with Crippen molar-refractivity contribution in [2.24, 2.45) is 5.41 Å². The van der Waals surface area contributed by atoms with Gasteiger partial charge in [0.2, 0.25) is 11.8 Å². The number of hydrogen-bond acceptors (Lipinski definition) is 4. The van der Waals surface area contributed by atoms with E-state index in [1.807, 2.05) is 27.7 Å². The molecule has 0 bridgehead atoms. The van der Waals surface area contributed by atoms with Gasteiger partial charge in [0.15, 0.2) is 0 Å². The molecule has 0 spiro atoms. The molecule has 1 atom stereocenters. The van der Waals surface area contributed by atoms with Crippen LogP contribution in [0, 0.1) is 12.3 Å². The molecule has 0 radical (unpaired) electrons. The normalized spacial score (nSPS) is 18.5. The molecule has 1 saturated heterocycles. The van der Waals surface area contributed by atoms with Gasteiger partial charge in [0.1, 0.15) is 6.04 Å². The van der Waals surface area contributed by atoms with Gasteiger partial charge in [0.25, 0.3) is 0 Å². The zero-order valence-corrected chi connectivity index (χ0v) is 14.4. The van der Waals surface area contributed by atoms with Crippen LogP contribution in [0.2, 0.25) is 0 Å². The van der Waals surface area contributed by atoms with Crippen LogP contribution in [0.5, 0.6) is 0 Å². The number of hydrogen-bond donors (Lipinski definition) is 2. The van der Waals surface area contributed by atoms with Gasteiger partial charge in [-0.1, -0.05) is 20.8 Å². The monoisotopic (exact) mass is 324 g/mol. The standard InChI is InChI=1S/C15H24N4O2S/c1-10-11(7-17-18-10)6-16-14(21)12-8-22-9-19(12)13(20)5-15(2,3)4/h7,12H,5-6,8-9H2,1-4H3,(H,16,21)(H,17,18)/t12-/m1/s1. The van der Waals surface area contributed by atoms with Crippen molar-refractivity contribution in [1.82, 2.24) is 20.4 Å². The van der Waals surface area contributed by atoms with E-state index in [0.29, 0.717) is 24.6 Å². The van der Waals surface area contributed by atoms with E-state index in [4.69, 9.17) is 0 Å². The van der Waals surface area contributed by atoms with Crippen molar-refractivity contribution in [1.29, 1.82) is 0 Å². The van der Waals surface area contributed by atoms with E-state index < -0.39 is 0 Å². The summed E-state index contributed by atoms with van der Waals surface area (Å²) in [5.41, 5.74) is 1.84. The Balaban J connectivity index is 1.93. The van der Waals surface area contributed by atoms with Crippen LogP contribution in [0.1, 0.15) is 38.4 Å². The summed E-state index contributed by atoms with van der Waals surface area (Å²) >= 11 is 1.63. The smallest absolute Gasteiger partial charge is 0.243 e. The van der Waals surface area contributed by atoms with E-state index >= 15 is 0 Å². The van der Waals surface area contributed by atoms with Gasteiger partial charge in [-0.15, -0.1) is 11.8 Å². The minimum atomic E-state index is -0.368. The van der Waals surface area contributed by atoms with Gasteiger partial charge in [-0.3, -0.25) is 14.7 Å². The lowest BCUT2D eigenvalue weighted by Gasteiger charge is -2.26. The summed E-state index contributed by atoms with van der Waals surface area (Å²) in [7, 11) is 0. The minimum Gasteiger partial charge on any atom is -0.350 e. The molecular weight excluding hydrogens is 300 g/mol. The summed E-state index contributed by atoms with van der Waals surface area (Å²) in [6, 6.07) is -0.368. The Morgan fingerprint density at radius 2 is 2.23 bits per heavy atom. The highest BCUT2D eigenvalue weighted by molar-refractivity contribution is 7.99. The van der Waals surface area contributed by atoms with Gasteiger partial charge in [-0.05, 0) is 12.3 Å². The minimum absolute atomic E-state index is 0.0529. The van der Waals surface area contributed by atoms with E-state index in [9.17, 15) is 9.59 Å². The Kier molecular flexibility index (Phi) is 5.16. The highest BCUT2D eigenvalue weighted by Gasteiger charge is 2.35. The molecule has 0 unspecified atom stereocenters. The number of amides is 2. The lowest BCUT2D eigenvalue weighted by atomic mass is 9.91. The van der Waals surface area contributed by atoms with Gasteiger partial charge < -0.3 is 10.2 Å². The van der Waals surface area contributed by atoms with E-state index in [2.05, 4.69) is 15.5 Å². The van der Waals surface area contributed by atoms with Crippen LogP contribution in [0.25, 0.3) is 0 Å². The van der Waals surface area contributed by atoms with E-state index in [1.54, 1.807) is 22.9 Å². The van der Waals surface area contributed by atoms with E-state index in [1.165, 1.54) is 0 Å². The predicted octanol–water partition coefficient (Wildman–Crippen LogP) is 1.67. The number of rotatable bonds is 4. The molecule has 1 aromatic rings. The molecule has 1 aliphatic heterocycles. The average molecular weight is 324 g/mol. The zero-order chi connectivity index (χ0) is 16.3. The third-order valence-electron chi connectivity index (χ3n) is 3.57. The molecule has 6 nitrogen and oxygen atoms in total. The lowest BCUT2D eigenvalue weighted by Crippen LogP contribution is -2.47. The number of nitrogens with zero attached hydrogens (tertiary/aromatic N) is 2. The number of aromatic amines is 1. The van der Waals surface area contributed by atoms with Crippen molar-refractivity contribution in [3.63, 3.8) is 0 Å². The van der Waals surface area contributed by atoms with Crippen LogP contribution in [0.3, 0.4) is 0 Å². The second-order valence-electron chi connectivity index (χ2n) is 6.85. The molecule has 2 rings (SSSR count). The van der Waals surface area contributed by atoms with Crippen molar-refractivity contribution in [3.8, 4) is 0 Å². The molecule has 0 saturated carbocycles. The Hall–Kier alpha value is -1.50. The zero-order valence-electron chi connectivity index (χ0n) is 13.6. The highest BCUT2D eigenvalue weighted by Crippen LogP contribution is 2.26. The molecule has 1 aromatic heterocycles. The maximum Gasteiger partial charge on any atom is 0.243 e. The fourth-order valence-corrected chi connectivity index (χ4v) is 3.50. The Morgan fingerprint density at radius 3 is 2.82 bits per heavy atom. The first-order valence-electron chi connectivity index (χ1n) is 7.42. The maximum absolute atomic E-state index is 12.4. The average Bonchev–Trinajstić information content (AvgIpc) is 3.02. The Morgan fingerprint density at radius 1 is 1.50 bits per heavy atom. The van der Waals surface area contributed by atoms with Crippen LogP contribution >= 0.6 is 11.8 Å². The molecule has 122 valence electrons. The van der Waals surface area contributed by atoms with Crippen LogP contribution in [-0.2, 0) is 16.1 Å². The van der Waals surface area contributed by atoms with Gasteiger partial charge in [-0.2, -0.15) is 5.10 Å². The number of aromatic nitrogens is 2. The first-order valence-corrected chi connectivity index (χ1v) is 8.57. The second kappa shape index (κ2) is 6.73. The molecule has 2 amide bonds. The van der Waals surface area contributed by atoms with Crippen molar-refractivity contribution >= 4 is 23.6 Å². The van der Waals surface area contributed by atoms with Gasteiger partial charge >= 0.3 is 0 Å². The third kappa shape index (κ3) is 4.25. The summed E-state index contributed by atoms with van der Waals surface area (Å²) in [5, 5.41) is 9.69. The quantitative estimate of drug-likeness (QED) is 0.883. The summed E-state index contributed by atoms with van der Waals surface area (Å²) in [6.07, 6.45) is 2.17. The van der Waals surface area contributed by atoms with Gasteiger partial charge in [0, 0.05) is 30.0 Å². The molecule has 1 aliphatic rings. The number of nitrogens with one attached hydrogen (secondary N) is 2. The molecule has 22 heavy (non-hydrogen) atoms. The maximum atomic E-state index is 12.4. The first-order chi connectivity index (χ1) is 10.3. The summed E-state index contributed by atoms with van der Waals surface area (Å²) in [4.78, 5) is 26.5. The fraction of sp³-hybridized carbons (Fsp3) is 0.667. The van der Waals surface area contributed by atoms with Gasteiger partial charge in [-0.25, -0.2) is 0 Å². The van der Waals surface area contributed by atoms with Crippen LogP contribution < -0.4 is 5.32 Å². The lowest BCUT2D eigenvalue weighted by molar-refractivity contribution is -0.139. The molecule has 1 fully saturated rings. The van der Waals surface area contributed by atoms with Gasteiger partial charge in [0.05, 0.1) is 12.1 Å². The molecule has 0 aromatic carbocycles. The first kappa shape index (κ1) is 16.9. The van der Waals surface area contributed by atoms with Crippen molar-refractivity contribution < 1.29 is 9.59 Å². The van der Waals surface area contributed by atoms with Crippen molar-refractivity contribution in [2.45, 2.75) is 46.7 Å². The van der Waals surface area contributed by atoms with Crippen LogP contribution in [-0.4, -0.2) is 44.6 Å². The molecular formula is C15H24N4O2S. The third-order valence-corrected chi connectivity index (χ3v) is 4.59. The number of carbonyl (C=O) groups excluding carboxylic acids is 2. The molecule has 7 heteroatoms. The number of aryl methyl sites for hydroxylation is 1. The molecule has 2 N–H and O–H groups in total. The highest BCUT2D eigenvalue weighted by atomic mass is 32.2. The summed E-state index contributed by atoms with van der Waals surface area (Å²) < 4.78 is 0. The number of carbonyl (C=O) groups is 2. The van der Waals surface area contributed by atoms with Crippen LogP contribution in [0.15, 0.2) is 6.20 Å². The van der Waals surface area contributed by atoms with Crippen LogP contribution in [0.4, 0.5) is 0 Å². The Labute approximate surface area is 135 Å². The molecule has 2 heterocycles. The SMILES string of the molecule is Cc1[nH]ncc1CNC(=O)[C@H]1CSCN1C(=O)CC(C)(C)C. The number of thioether (sulfide) groups is 1. The largest absolute Gasteiger partial charge is 0.350 e. The predicted molar refractivity (Wildman–Crippen MR) is 87.2 cm³/mol. The second-order valence-corrected chi connectivity index (χ2v) is 7.85. The Bertz CT molecular complexity index is 550. The topological polar surface area (TPSA) is 78.1 Å². The van der Waals surface area contributed by atoms with Crippen molar-refractivity contribution in [3.05, 3.63) is 17.5 Å². The summed E-state index contributed by atoms with van der Waals surface area (Å²) in [5.74, 6) is 1.22. The van der Waals surface area contributed by atoms with E-state index in [0.717, 1.165) is 11.3 Å².